The van der Waals surface area contributed by atoms with Gasteiger partial charge in [-0.05, 0) is 23.3 Å². The van der Waals surface area contributed by atoms with Crippen molar-refractivity contribution in [2.45, 2.75) is 0 Å². The normalized spacial score (nSPS) is 11.8. The number of nitrogens with zero attached hydrogens (tertiary/aromatic N) is 2. The summed E-state index contributed by atoms with van der Waals surface area (Å²) in [6.07, 6.45) is 3.04. The average Bonchev–Trinajstić information content (AvgIpc) is 2.76. The average molecular weight is 232 g/mol. The van der Waals surface area contributed by atoms with Gasteiger partial charge in [-0.3, -0.25) is 4.68 Å². The maximum atomic E-state index is 12.9. The van der Waals surface area contributed by atoms with Crippen LogP contribution in [0.15, 0.2) is 42.4 Å². The fourth-order valence-electron chi connectivity index (χ4n) is 1.63. The maximum Gasteiger partial charge on any atom is 0.126 e. The van der Waals surface area contributed by atoms with Crippen LogP contribution in [0.25, 0.3) is 17.3 Å². The molecule has 3 nitrogen and oxygen atoms in total. The SMILES string of the molecule is Cn1nccc1-c1ccc(/C=C(/F)CO)cc1. The standard InChI is InChI=1S/C13H13FN2O/c1-16-13(6-7-15-16)11-4-2-10(3-5-11)8-12(14)9-17/h2-8,17H,9H2,1H3/b12-8+. The second-order valence-corrected chi connectivity index (χ2v) is 3.71. The van der Waals surface area contributed by atoms with Gasteiger partial charge < -0.3 is 5.11 Å². The van der Waals surface area contributed by atoms with Crippen molar-refractivity contribution in [3.05, 3.63) is 47.9 Å². The molecule has 2 rings (SSSR count). The summed E-state index contributed by atoms with van der Waals surface area (Å²) in [5.41, 5.74) is 2.75. The summed E-state index contributed by atoms with van der Waals surface area (Å²) in [6.45, 7) is -0.566. The molecule has 0 aliphatic rings. The Balaban J connectivity index is 2.28. The van der Waals surface area contributed by atoms with Gasteiger partial charge in [-0.25, -0.2) is 4.39 Å². The summed E-state index contributed by atoms with van der Waals surface area (Å²) < 4.78 is 14.6. The van der Waals surface area contributed by atoms with E-state index in [-0.39, 0.29) is 0 Å². The first-order valence-electron chi connectivity index (χ1n) is 5.26. The number of aryl methyl sites for hydroxylation is 1. The molecule has 1 aromatic carbocycles. The number of halogens is 1. The third-order valence-corrected chi connectivity index (χ3v) is 2.50. The quantitative estimate of drug-likeness (QED) is 0.882. The van der Waals surface area contributed by atoms with E-state index in [9.17, 15) is 4.39 Å². The van der Waals surface area contributed by atoms with Crippen molar-refractivity contribution in [3.63, 3.8) is 0 Å². The molecule has 0 aliphatic heterocycles. The van der Waals surface area contributed by atoms with Gasteiger partial charge in [0.05, 0.1) is 12.3 Å². The van der Waals surface area contributed by atoms with Crippen molar-refractivity contribution in [3.8, 4) is 11.3 Å². The first kappa shape index (κ1) is 11.5. The van der Waals surface area contributed by atoms with Gasteiger partial charge in [0.25, 0.3) is 0 Å². The topological polar surface area (TPSA) is 38.0 Å². The van der Waals surface area contributed by atoms with Gasteiger partial charge in [-0.1, -0.05) is 24.3 Å². The molecule has 0 atom stereocenters. The zero-order valence-corrected chi connectivity index (χ0v) is 9.47. The van der Waals surface area contributed by atoms with Crippen LogP contribution < -0.4 is 0 Å². The van der Waals surface area contributed by atoms with Gasteiger partial charge in [-0.2, -0.15) is 5.10 Å². The van der Waals surface area contributed by atoms with Crippen LogP contribution in [0.3, 0.4) is 0 Å². The molecule has 0 spiro atoms. The largest absolute Gasteiger partial charge is 0.389 e. The summed E-state index contributed by atoms with van der Waals surface area (Å²) >= 11 is 0. The van der Waals surface area contributed by atoms with Gasteiger partial charge in [0.15, 0.2) is 0 Å². The van der Waals surface area contributed by atoms with Crippen LogP contribution in [0.5, 0.6) is 0 Å². The monoisotopic (exact) mass is 232 g/mol. The zero-order valence-electron chi connectivity index (χ0n) is 9.47. The maximum absolute atomic E-state index is 12.9. The number of hydrogen-bond acceptors (Lipinski definition) is 2. The molecule has 0 saturated heterocycles. The van der Waals surface area contributed by atoms with Gasteiger partial charge >= 0.3 is 0 Å². The Labute approximate surface area is 98.8 Å². The Morgan fingerprint density at radius 3 is 2.59 bits per heavy atom. The fourth-order valence-corrected chi connectivity index (χ4v) is 1.63. The number of benzene rings is 1. The first-order valence-corrected chi connectivity index (χ1v) is 5.26. The third-order valence-electron chi connectivity index (χ3n) is 2.50. The summed E-state index contributed by atoms with van der Waals surface area (Å²) in [5.74, 6) is -0.543. The summed E-state index contributed by atoms with van der Waals surface area (Å²) in [7, 11) is 1.87. The Kier molecular flexibility index (Phi) is 3.35. The zero-order chi connectivity index (χ0) is 12.3. The molecule has 0 bridgehead atoms. The number of aliphatic hydroxyl groups is 1. The predicted molar refractivity (Wildman–Crippen MR) is 64.8 cm³/mol. The van der Waals surface area contributed by atoms with Crippen LogP contribution >= 0.6 is 0 Å². The molecule has 1 heterocycles. The van der Waals surface area contributed by atoms with E-state index in [1.807, 2.05) is 25.2 Å². The van der Waals surface area contributed by atoms with E-state index >= 15 is 0 Å². The van der Waals surface area contributed by atoms with E-state index in [0.717, 1.165) is 16.8 Å². The molecular weight excluding hydrogens is 219 g/mol. The van der Waals surface area contributed by atoms with E-state index in [1.54, 1.807) is 23.0 Å². The third kappa shape index (κ3) is 2.60. The molecule has 88 valence electrons. The van der Waals surface area contributed by atoms with E-state index in [0.29, 0.717) is 0 Å². The van der Waals surface area contributed by atoms with Gasteiger partial charge in [0.1, 0.15) is 5.83 Å². The highest BCUT2D eigenvalue weighted by Gasteiger charge is 2.01. The lowest BCUT2D eigenvalue weighted by Crippen LogP contribution is -1.93. The van der Waals surface area contributed by atoms with E-state index < -0.39 is 12.4 Å². The molecule has 2 aromatic rings. The van der Waals surface area contributed by atoms with E-state index in [4.69, 9.17) is 5.11 Å². The fraction of sp³-hybridized carbons (Fsp3) is 0.154. The van der Waals surface area contributed by atoms with Crippen molar-refractivity contribution >= 4 is 6.08 Å². The second-order valence-electron chi connectivity index (χ2n) is 3.71. The summed E-state index contributed by atoms with van der Waals surface area (Å²) in [4.78, 5) is 0. The van der Waals surface area contributed by atoms with Crippen molar-refractivity contribution in [1.82, 2.24) is 9.78 Å². The lowest BCUT2D eigenvalue weighted by molar-refractivity contribution is 0.300. The van der Waals surface area contributed by atoms with Crippen LogP contribution in [-0.4, -0.2) is 21.5 Å². The Bertz CT molecular complexity index is 529. The lowest BCUT2D eigenvalue weighted by atomic mass is 10.1. The van der Waals surface area contributed by atoms with Crippen molar-refractivity contribution in [2.24, 2.45) is 7.05 Å². The Morgan fingerprint density at radius 1 is 1.35 bits per heavy atom. The number of hydrogen-bond donors (Lipinski definition) is 1. The molecule has 0 aliphatic carbocycles. The lowest BCUT2D eigenvalue weighted by Gasteiger charge is -2.02. The van der Waals surface area contributed by atoms with Crippen molar-refractivity contribution in [2.75, 3.05) is 6.61 Å². The van der Waals surface area contributed by atoms with Crippen LogP contribution in [0.1, 0.15) is 5.56 Å². The van der Waals surface area contributed by atoms with Crippen molar-refractivity contribution in [1.29, 1.82) is 0 Å². The Hall–Kier alpha value is -1.94. The summed E-state index contributed by atoms with van der Waals surface area (Å²) in [6, 6.07) is 9.31. The van der Waals surface area contributed by atoms with Gasteiger partial charge in [0, 0.05) is 13.2 Å². The highest BCUT2D eigenvalue weighted by atomic mass is 19.1. The summed E-state index contributed by atoms with van der Waals surface area (Å²) in [5, 5.41) is 12.7. The van der Waals surface area contributed by atoms with Crippen molar-refractivity contribution < 1.29 is 9.50 Å². The van der Waals surface area contributed by atoms with E-state index in [1.165, 1.54) is 6.08 Å². The molecule has 0 unspecified atom stereocenters. The molecule has 1 N–H and O–H groups in total. The number of aromatic nitrogens is 2. The van der Waals surface area contributed by atoms with Crippen LogP contribution in [0.4, 0.5) is 4.39 Å². The Morgan fingerprint density at radius 2 is 2.06 bits per heavy atom. The molecule has 1 aromatic heterocycles. The first-order chi connectivity index (χ1) is 8.20. The molecule has 4 heteroatoms. The smallest absolute Gasteiger partial charge is 0.126 e. The van der Waals surface area contributed by atoms with E-state index in [2.05, 4.69) is 5.10 Å². The molecule has 0 radical (unpaired) electrons. The molecule has 0 fully saturated rings. The molecule has 0 saturated carbocycles. The minimum Gasteiger partial charge on any atom is -0.389 e. The van der Waals surface area contributed by atoms with Crippen LogP contribution in [-0.2, 0) is 7.05 Å². The number of aliphatic hydroxyl groups excluding tert-OH is 1. The second kappa shape index (κ2) is 4.93. The minimum absolute atomic E-state index is 0.543. The highest BCUT2D eigenvalue weighted by molar-refractivity contribution is 5.62. The van der Waals surface area contributed by atoms with Gasteiger partial charge in [0.2, 0.25) is 0 Å². The predicted octanol–water partition coefficient (Wildman–Crippen LogP) is 2.39. The van der Waals surface area contributed by atoms with Crippen LogP contribution in [0.2, 0.25) is 0 Å². The molecular formula is C13H13FN2O. The molecule has 0 amide bonds. The highest BCUT2D eigenvalue weighted by Crippen LogP contribution is 2.19. The van der Waals surface area contributed by atoms with Gasteiger partial charge in [-0.15, -0.1) is 0 Å². The van der Waals surface area contributed by atoms with Crippen LogP contribution in [0, 0.1) is 0 Å². The number of rotatable bonds is 3. The molecule has 17 heavy (non-hydrogen) atoms. The minimum atomic E-state index is -0.566.